The molecule has 3 aliphatic rings. The molecule has 1 aromatic carbocycles. The van der Waals surface area contributed by atoms with Crippen LogP contribution in [-0.4, -0.2) is 35.0 Å². The van der Waals surface area contributed by atoms with Crippen LogP contribution in [0.2, 0.25) is 0 Å². The van der Waals surface area contributed by atoms with Crippen LogP contribution in [0.4, 0.5) is 8.78 Å². The molecule has 0 radical (unpaired) electrons. The Labute approximate surface area is 138 Å². The fraction of sp³-hybridized carbons (Fsp3) is 0.556. The van der Waals surface area contributed by atoms with Crippen LogP contribution in [0.15, 0.2) is 18.2 Å². The summed E-state index contributed by atoms with van der Waals surface area (Å²) in [6, 6.07) is 3.72. The number of nitrogens with zero attached hydrogens (tertiary/aromatic N) is 1. The van der Waals surface area contributed by atoms with E-state index in [2.05, 4.69) is 0 Å². The zero-order valence-electron chi connectivity index (χ0n) is 13.2. The fourth-order valence-electron chi connectivity index (χ4n) is 4.69. The van der Waals surface area contributed by atoms with E-state index in [1.165, 1.54) is 18.2 Å². The number of fused-ring (bicyclic) bond motifs is 1. The Kier molecular flexibility index (Phi) is 3.41. The Morgan fingerprint density at radius 1 is 1.25 bits per heavy atom. The average Bonchev–Trinajstić information content (AvgIpc) is 3.03. The highest BCUT2D eigenvalue weighted by Gasteiger charge is 2.58. The minimum atomic E-state index is -0.826. The topological polar surface area (TPSA) is 57.6 Å². The number of aliphatic carboxylic acids is 1. The van der Waals surface area contributed by atoms with Crippen LogP contribution in [-0.2, 0) is 9.59 Å². The third-order valence-corrected chi connectivity index (χ3v) is 6.09. The summed E-state index contributed by atoms with van der Waals surface area (Å²) in [6.07, 6.45) is 2.74. The van der Waals surface area contributed by atoms with Gasteiger partial charge in [0.15, 0.2) is 0 Å². The summed E-state index contributed by atoms with van der Waals surface area (Å²) in [5.74, 6) is -3.07. The van der Waals surface area contributed by atoms with E-state index >= 15 is 0 Å². The molecular formula is C18H19F2NO3. The molecule has 1 aliphatic heterocycles. The van der Waals surface area contributed by atoms with Gasteiger partial charge in [0.25, 0.3) is 0 Å². The smallest absolute Gasteiger partial charge is 0.311 e. The van der Waals surface area contributed by atoms with Gasteiger partial charge in [-0.25, -0.2) is 8.78 Å². The van der Waals surface area contributed by atoms with Crippen LogP contribution in [0.25, 0.3) is 0 Å². The zero-order valence-corrected chi connectivity index (χ0v) is 13.2. The predicted octanol–water partition coefficient (Wildman–Crippen LogP) is 2.78. The molecule has 2 aliphatic carbocycles. The lowest BCUT2D eigenvalue weighted by atomic mass is 9.81. The van der Waals surface area contributed by atoms with E-state index in [-0.39, 0.29) is 23.9 Å². The predicted molar refractivity (Wildman–Crippen MR) is 81.2 cm³/mol. The Bertz CT molecular complexity index is 702. The third kappa shape index (κ3) is 2.15. The van der Waals surface area contributed by atoms with Gasteiger partial charge in [-0.2, -0.15) is 0 Å². The van der Waals surface area contributed by atoms with Gasteiger partial charge >= 0.3 is 5.97 Å². The highest BCUT2D eigenvalue weighted by atomic mass is 19.1. The molecule has 2 unspecified atom stereocenters. The Hall–Kier alpha value is -1.98. The normalized spacial score (nSPS) is 34.2. The van der Waals surface area contributed by atoms with Crippen molar-refractivity contribution >= 4 is 11.9 Å². The number of hydrogen-bond acceptors (Lipinski definition) is 2. The first-order valence-electron chi connectivity index (χ1n) is 8.40. The summed E-state index contributed by atoms with van der Waals surface area (Å²) in [4.78, 5) is 26.0. The van der Waals surface area contributed by atoms with E-state index in [1.807, 2.05) is 0 Å². The van der Waals surface area contributed by atoms with E-state index in [0.29, 0.717) is 19.4 Å². The van der Waals surface area contributed by atoms with Crippen molar-refractivity contribution in [2.75, 3.05) is 13.1 Å². The first-order chi connectivity index (χ1) is 11.4. The number of amides is 1. The van der Waals surface area contributed by atoms with E-state index in [1.54, 1.807) is 4.90 Å². The van der Waals surface area contributed by atoms with Crippen LogP contribution in [0.3, 0.4) is 0 Å². The van der Waals surface area contributed by atoms with Gasteiger partial charge in [-0.3, -0.25) is 9.59 Å². The second-order valence-electron chi connectivity index (χ2n) is 7.35. The van der Waals surface area contributed by atoms with Gasteiger partial charge < -0.3 is 10.0 Å². The maximum Gasteiger partial charge on any atom is 0.311 e. The number of carboxylic acids is 1. The lowest BCUT2D eigenvalue weighted by molar-refractivity contribution is -0.149. The van der Waals surface area contributed by atoms with Gasteiger partial charge in [0.1, 0.15) is 11.6 Å². The maximum atomic E-state index is 13.9. The first-order valence-corrected chi connectivity index (χ1v) is 8.40. The summed E-state index contributed by atoms with van der Waals surface area (Å²) in [6.45, 7) is 0.683. The van der Waals surface area contributed by atoms with E-state index < -0.39 is 34.9 Å². The largest absolute Gasteiger partial charge is 0.481 e. The molecule has 6 heteroatoms. The molecule has 0 bridgehead atoms. The van der Waals surface area contributed by atoms with E-state index in [0.717, 1.165) is 12.8 Å². The number of carboxylic acid groups (broad SMARTS) is 1. The lowest BCUT2D eigenvalue weighted by Gasteiger charge is -2.23. The average molecular weight is 335 g/mol. The summed E-state index contributed by atoms with van der Waals surface area (Å²) in [5.41, 5.74) is -0.827. The Balaban J connectivity index is 1.50. The molecule has 4 atom stereocenters. The highest BCUT2D eigenvalue weighted by Crippen LogP contribution is 2.53. The second-order valence-corrected chi connectivity index (χ2v) is 7.35. The molecule has 0 aromatic heterocycles. The third-order valence-electron chi connectivity index (χ3n) is 6.09. The van der Waals surface area contributed by atoms with Gasteiger partial charge in [-0.05, 0) is 37.3 Å². The molecule has 1 amide bonds. The number of halogens is 2. The van der Waals surface area contributed by atoms with Gasteiger partial charge in [0.2, 0.25) is 5.91 Å². The summed E-state index contributed by atoms with van der Waals surface area (Å²) < 4.78 is 27.7. The molecule has 2 saturated carbocycles. The lowest BCUT2D eigenvalue weighted by Crippen LogP contribution is -2.37. The summed E-state index contributed by atoms with van der Waals surface area (Å²) >= 11 is 0. The van der Waals surface area contributed by atoms with Crippen molar-refractivity contribution in [3.05, 3.63) is 35.4 Å². The summed E-state index contributed by atoms with van der Waals surface area (Å²) in [7, 11) is 0. The number of carbonyl (C=O) groups excluding carboxylic acids is 1. The van der Waals surface area contributed by atoms with Crippen molar-refractivity contribution < 1.29 is 23.5 Å². The number of rotatable bonds is 3. The standard InChI is InChI=1S/C18H19F2NO3/c19-13-4-1-5-14(20)15(13)11-7-12(11)16(22)21-8-10-3-2-6-18(10,9-21)17(23)24/h1,4-5,10-12H,2-3,6-9H2,(H,23,24)/t10-,11?,12?,18+/m0/s1. The molecule has 4 nitrogen and oxygen atoms in total. The van der Waals surface area contributed by atoms with Crippen molar-refractivity contribution in [2.45, 2.75) is 31.6 Å². The highest BCUT2D eigenvalue weighted by molar-refractivity contribution is 5.85. The second kappa shape index (κ2) is 5.26. The number of carbonyl (C=O) groups is 2. The van der Waals surface area contributed by atoms with Gasteiger partial charge in [0.05, 0.1) is 5.41 Å². The number of benzene rings is 1. The van der Waals surface area contributed by atoms with Crippen molar-refractivity contribution in [3.8, 4) is 0 Å². The van der Waals surface area contributed by atoms with Crippen molar-refractivity contribution in [3.63, 3.8) is 0 Å². The molecule has 24 heavy (non-hydrogen) atoms. The quantitative estimate of drug-likeness (QED) is 0.924. The first kappa shape index (κ1) is 15.5. The van der Waals surface area contributed by atoms with Crippen molar-refractivity contribution in [2.24, 2.45) is 17.3 Å². The molecule has 1 saturated heterocycles. The van der Waals surface area contributed by atoms with Gasteiger partial charge in [-0.15, -0.1) is 0 Å². The minimum Gasteiger partial charge on any atom is -0.481 e. The van der Waals surface area contributed by atoms with Gasteiger partial charge in [0, 0.05) is 30.5 Å². The minimum absolute atomic E-state index is 0.00125. The molecule has 1 heterocycles. The number of hydrogen-bond donors (Lipinski definition) is 1. The van der Waals surface area contributed by atoms with Crippen LogP contribution < -0.4 is 0 Å². The molecule has 4 rings (SSSR count). The Morgan fingerprint density at radius 3 is 2.58 bits per heavy atom. The maximum absolute atomic E-state index is 13.9. The molecule has 128 valence electrons. The fourth-order valence-corrected chi connectivity index (χ4v) is 4.69. The van der Waals surface area contributed by atoms with Crippen LogP contribution in [0.1, 0.15) is 37.2 Å². The van der Waals surface area contributed by atoms with Crippen LogP contribution >= 0.6 is 0 Å². The summed E-state index contributed by atoms with van der Waals surface area (Å²) in [5, 5.41) is 9.59. The molecular weight excluding hydrogens is 316 g/mol. The SMILES string of the molecule is O=C(C1CC1c1c(F)cccc1F)N1C[C@@H]2CCC[C@@]2(C(=O)O)C1. The molecule has 0 spiro atoms. The molecule has 1 aromatic rings. The van der Waals surface area contributed by atoms with E-state index in [9.17, 15) is 23.5 Å². The van der Waals surface area contributed by atoms with E-state index in [4.69, 9.17) is 0 Å². The van der Waals surface area contributed by atoms with Crippen molar-refractivity contribution in [1.29, 1.82) is 0 Å². The number of likely N-dealkylation sites (tertiary alicyclic amines) is 1. The molecule has 3 fully saturated rings. The Morgan fingerprint density at radius 2 is 1.96 bits per heavy atom. The van der Waals surface area contributed by atoms with Gasteiger partial charge in [-0.1, -0.05) is 12.5 Å². The molecule has 1 N–H and O–H groups in total. The van der Waals surface area contributed by atoms with Crippen LogP contribution in [0.5, 0.6) is 0 Å². The zero-order chi connectivity index (χ0) is 17.1. The van der Waals surface area contributed by atoms with Crippen LogP contribution in [0, 0.1) is 28.9 Å². The van der Waals surface area contributed by atoms with Crippen molar-refractivity contribution in [1.82, 2.24) is 4.90 Å². The monoisotopic (exact) mass is 335 g/mol.